The van der Waals surface area contributed by atoms with Gasteiger partial charge in [0.2, 0.25) is 0 Å². The highest BCUT2D eigenvalue weighted by Crippen LogP contribution is 2.21. The summed E-state index contributed by atoms with van der Waals surface area (Å²) in [6.07, 6.45) is 5.30. The van der Waals surface area contributed by atoms with Gasteiger partial charge in [0, 0.05) is 41.8 Å². The van der Waals surface area contributed by atoms with E-state index in [1.807, 2.05) is 12.3 Å². The number of hydrogen-bond acceptors (Lipinski definition) is 2. The SMILES string of the molecule is CCCN(Cc1cnc2ccccc2c1)Cc1c[nH]c2ccccc12. The molecule has 0 radical (unpaired) electrons. The summed E-state index contributed by atoms with van der Waals surface area (Å²) in [4.78, 5) is 10.5. The number of H-pyrrole nitrogens is 1. The second-order valence-corrected chi connectivity index (χ2v) is 6.61. The van der Waals surface area contributed by atoms with E-state index in [4.69, 9.17) is 0 Å². The molecule has 0 spiro atoms. The first kappa shape index (κ1) is 15.9. The molecule has 0 aliphatic rings. The Hall–Kier alpha value is -2.65. The van der Waals surface area contributed by atoms with Crippen molar-refractivity contribution < 1.29 is 0 Å². The summed E-state index contributed by atoms with van der Waals surface area (Å²) in [7, 11) is 0. The van der Waals surface area contributed by atoms with E-state index in [0.29, 0.717) is 0 Å². The highest BCUT2D eigenvalue weighted by atomic mass is 15.1. The Morgan fingerprint density at radius 1 is 1.00 bits per heavy atom. The Balaban J connectivity index is 1.57. The number of rotatable bonds is 6. The van der Waals surface area contributed by atoms with E-state index in [1.165, 1.54) is 27.4 Å². The molecule has 1 N–H and O–H groups in total. The van der Waals surface area contributed by atoms with Gasteiger partial charge in [-0.15, -0.1) is 0 Å². The van der Waals surface area contributed by atoms with Crippen LogP contribution < -0.4 is 0 Å². The summed E-state index contributed by atoms with van der Waals surface area (Å²) < 4.78 is 0. The summed E-state index contributed by atoms with van der Waals surface area (Å²) in [5.41, 5.74) is 4.90. The van der Waals surface area contributed by atoms with Gasteiger partial charge in [0.05, 0.1) is 5.52 Å². The largest absolute Gasteiger partial charge is 0.361 e. The van der Waals surface area contributed by atoms with Crippen LogP contribution in [0.15, 0.2) is 67.0 Å². The van der Waals surface area contributed by atoms with Crippen LogP contribution in [0.1, 0.15) is 24.5 Å². The fraction of sp³-hybridized carbons (Fsp3) is 0.227. The standard InChI is InChI=1S/C22H23N3/c1-2-11-25(16-19-14-24-22-10-6-4-8-20(19)22)15-17-12-18-7-3-5-9-21(18)23-13-17/h3-10,12-14,24H,2,11,15-16H2,1H3. The normalized spacial score (nSPS) is 11.6. The van der Waals surface area contributed by atoms with Gasteiger partial charge in [-0.3, -0.25) is 9.88 Å². The van der Waals surface area contributed by atoms with Gasteiger partial charge in [-0.25, -0.2) is 0 Å². The number of nitrogens with one attached hydrogen (secondary N) is 1. The third kappa shape index (κ3) is 3.42. The lowest BCUT2D eigenvalue weighted by Crippen LogP contribution is -2.23. The molecular formula is C22H23N3. The third-order valence-corrected chi connectivity index (χ3v) is 4.66. The van der Waals surface area contributed by atoms with Crippen LogP contribution in [0.2, 0.25) is 0 Å². The lowest BCUT2D eigenvalue weighted by molar-refractivity contribution is 0.258. The van der Waals surface area contributed by atoms with E-state index >= 15 is 0 Å². The van der Waals surface area contributed by atoms with Crippen molar-refractivity contribution in [2.75, 3.05) is 6.54 Å². The topological polar surface area (TPSA) is 31.9 Å². The van der Waals surface area contributed by atoms with Crippen molar-refractivity contribution in [2.24, 2.45) is 0 Å². The Labute approximate surface area is 148 Å². The van der Waals surface area contributed by atoms with E-state index in [-0.39, 0.29) is 0 Å². The number of nitrogens with zero attached hydrogens (tertiary/aromatic N) is 2. The van der Waals surface area contributed by atoms with Crippen molar-refractivity contribution >= 4 is 21.8 Å². The number of aromatic amines is 1. The summed E-state index contributed by atoms with van der Waals surface area (Å²) in [6.45, 7) is 5.18. The van der Waals surface area contributed by atoms with Gasteiger partial charge in [0.1, 0.15) is 0 Å². The van der Waals surface area contributed by atoms with E-state index in [0.717, 1.165) is 31.6 Å². The second-order valence-electron chi connectivity index (χ2n) is 6.61. The first-order valence-corrected chi connectivity index (χ1v) is 8.94. The Bertz CT molecular complexity index is 987. The summed E-state index contributed by atoms with van der Waals surface area (Å²) >= 11 is 0. The quantitative estimate of drug-likeness (QED) is 0.532. The molecule has 0 saturated carbocycles. The Morgan fingerprint density at radius 2 is 1.84 bits per heavy atom. The van der Waals surface area contributed by atoms with Crippen LogP contribution in [0.5, 0.6) is 0 Å². The van der Waals surface area contributed by atoms with Crippen molar-refractivity contribution in [3.05, 3.63) is 78.1 Å². The van der Waals surface area contributed by atoms with Crippen molar-refractivity contribution in [1.82, 2.24) is 14.9 Å². The molecule has 0 saturated heterocycles. The first-order valence-electron chi connectivity index (χ1n) is 8.94. The van der Waals surface area contributed by atoms with Crippen LogP contribution in [0, 0.1) is 0 Å². The van der Waals surface area contributed by atoms with Crippen LogP contribution in [0.25, 0.3) is 21.8 Å². The van der Waals surface area contributed by atoms with Gasteiger partial charge < -0.3 is 4.98 Å². The van der Waals surface area contributed by atoms with Crippen molar-refractivity contribution in [1.29, 1.82) is 0 Å². The monoisotopic (exact) mass is 329 g/mol. The van der Waals surface area contributed by atoms with Crippen LogP contribution in [-0.2, 0) is 13.1 Å². The van der Waals surface area contributed by atoms with Crippen LogP contribution in [-0.4, -0.2) is 21.4 Å². The molecule has 2 aromatic carbocycles. The maximum absolute atomic E-state index is 4.61. The van der Waals surface area contributed by atoms with Gasteiger partial charge in [0.25, 0.3) is 0 Å². The maximum Gasteiger partial charge on any atom is 0.0702 e. The van der Waals surface area contributed by atoms with Crippen molar-refractivity contribution in [2.45, 2.75) is 26.4 Å². The van der Waals surface area contributed by atoms with Gasteiger partial charge in [-0.05, 0) is 42.3 Å². The van der Waals surface area contributed by atoms with Crippen molar-refractivity contribution in [3.8, 4) is 0 Å². The van der Waals surface area contributed by atoms with Crippen LogP contribution in [0.3, 0.4) is 0 Å². The fourth-order valence-corrected chi connectivity index (χ4v) is 3.49. The number of para-hydroxylation sites is 2. The summed E-state index contributed by atoms with van der Waals surface area (Å²) in [5.74, 6) is 0. The number of fused-ring (bicyclic) bond motifs is 2. The van der Waals surface area contributed by atoms with Crippen LogP contribution >= 0.6 is 0 Å². The predicted molar refractivity (Wildman–Crippen MR) is 104 cm³/mol. The van der Waals surface area contributed by atoms with Crippen molar-refractivity contribution in [3.63, 3.8) is 0 Å². The minimum absolute atomic E-state index is 0.922. The zero-order valence-electron chi connectivity index (χ0n) is 14.6. The molecule has 0 amide bonds. The molecule has 4 rings (SSSR count). The molecule has 25 heavy (non-hydrogen) atoms. The molecule has 0 fully saturated rings. The maximum atomic E-state index is 4.61. The van der Waals surface area contributed by atoms with E-state index in [9.17, 15) is 0 Å². The second kappa shape index (κ2) is 7.08. The molecule has 0 atom stereocenters. The molecule has 0 aliphatic heterocycles. The lowest BCUT2D eigenvalue weighted by atomic mass is 10.1. The number of aromatic nitrogens is 2. The minimum Gasteiger partial charge on any atom is -0.361 e. The predicted octanol–water partition coefficient (Wildman–Crippen LogP) is 5.13. The average Bonchev–Trinajstić information content (AvgIpc) is 3.05. The van der Waals surface area contributed by atoms with Gasteiger partial charge >= 0.3 is 0 Å². The lowest BCUT2D eigenvalue weighted by Gasteiger charge is -2.21. The zero-order chi connectivity index (χ0) is 17.1. The number of benzene rings is 2. The number of hydrogen-bond donors (Lipinski definition) is 1. The smallest absolute Gasteiger partial charge is 0.0702 e. The molecule has 3 heteroatoms. The Morgan fingerprint density at radius 3 is 2.76 bits per heavy atom. The molecule has 0 unspecified atom stereocenters. The molecule has 2 aromatic heterocycles. The highest BCUT2D eigenvalue weighted by molar-refractivity contribution is 5.83. The van der Waals surface area contributed by atoms with Gasteiger partial charge in [-0.2, -0.15) is 0 Å². The minimum atomic E-state index is 0.922. The van der Waals surface area contributed by atoms with Gasteiger partial charge in [0.15, 0.2) is 0 Å². The molecule has 0 bridgehead atoms. The van der Waals surface area contributed by atoms with E-state index in [1.54, 1.807) is 0 Å². The zero-order valence-corrected chi connectivity index (χ0v) is 14.6. The molecular weight excluding hydrogens is 306 g/mol. The first-order chi connectivity index (χ1) is 12.3. The van der Waals surface area contributed by atoms with E-state index in [2.05, 4.69) is 76.5 Å². The van der Waals surface area contributed by atoms with E-state index < -0.39 is 0 Å². The molecule has 4 aromatic rings. The van der Waals surface area contributed by atoms with Crippen LogP contribution in [0.4, 0.5) is 0 Å². The Kier molecular flexibility index (Phi) is 4.49. The molecule has 0 aliphatic carbocycles. The summed E-state index contributed by atoms with van der Waals surface area (Å²) in [5, 5.41) is 2.53. The highest BCUT2D eigenvalue weighted by Gasteiger charge is 2.10. The number of pyridine rings is 1. The third-order valence-electron chi connectivity index (χ3n) is 4.66. The fourth-order valence-electron chi connectivity index (χ4n) is 3.49. The summed E-state index contributed by atoms with van der Waals surface area (Å²) in [6, 6.07) is 19.1. The molecule has 2 heterocycles. The molecule has 3 nitrogen and oxygen atoms in total. The average molecular weight is 329 g/mol. The van der Waals surface area contributed by atoms with Gasteiger partial charge in [-0.1, -0.05) is 43.3 Å². The molecule has 126 valence electrons.